The van der Waals surface area contributed by atoms with Crippen molar-refractivity contribution in [2.24, 2.45) is 0 Å². The number of esters is 1. The molecule has 0 aromatic rings. The Balaban J connectivity index is 1.76. The normalized spacial score (nSPS) is 32.0. The van der Waals surface area contributed by atoms with Gasteiger partial charge in [-0.1, -0.05) is 0 Å². The van der Waals surface area contributed by atoms with Gasteiger partial charge in [-0.25, -0.2) is 9.59 Å². The summed E-state index contributed by atoms with van der Waals surface area (Å²) in [5.41, 5.74) is -1.78. The number of piperidine rings is 2. The van der Waals surface area contributed by atoms with E-state index in [9.17, 15) is 18.0 Å². The van der Waals surface area contributed by atoms with Crippen LogP contribution in [0.3, 0.4) is 0 Å². The molecule has 3 saturated heterocycles. The number of hydrogen-bond donors (Lipinski definition) is 2. The molecule has 10 nitrogen and oxygen atoms in total. The first-order valence-corrected chi connectivity index (χ1v) is 9.63. The summed E-state index contributed by atoms with van der Waals surface area (Å²) in [5.74, 6) is -0.502. The molecule has 142 valence electrons. The fourth-order valence-electron chi connectivity index (χ4n) is 3.64. The predicted molar refractivity (Wildman–Crippen MR) is 84.6 cm³/mol. The number of rotatable bonds is 4. The zero-order valence-electron chi connectivity index (χ0n) is 14.2. The van der Waals surface area contributed by atoms with Gasteiger partial charge in [0.25, 0.3) is 0 Å². The molecule has 2 atom stereocenters. The van der Waals surface area contributed by atoms with E-state index in [0.29, 0.717) is 30.7 Å². The van der Waals surface area contributed by atoms with E-state index in [1.807, 2.05) is 6.92 Å². The van der Waals surface area contributed by atoms with Gasteiger partial charge in [0.05, 0.1) is 6.04 Å². The first-order chi connectivity index (χ1) is 11.5. The summed E-state index contributed by atoms with van der Waals surface area (Å²) in [7, 11) is -4.81. The zero-order valence-corrected chi connectivity index (χ0v) is 15.0. The molecule has 11 heteroatoms. The van der Waals surface area contributed by atoms with Gasteiger partial charge < -0.3 is 15.0 Å². The van der Waals surface area contributed by atoms with E-state index >= 15 is 0 Å². The molecule has 3 heterocycles. The first-order valence-electron chi connectivity index (χ1n) is 8.26. The summed E-state index contributed by atoms with van der Waals surface area (Å²) >= 11 is 0. The fraction of sp³-hybridized carbons (Fsp3) is 0.857. The van der Waals surface area contributed by atoms with Gasteiger partial charge in [-0.2, -0.15) is 13.5 Å². The molecule has 0 aromatic heterocycles. The van der Waals surface area contributed by atoms with Crippen LogP contribution in [0, 0.1) is 0 Å². The van der Waals surface area contributed by atoms with Crippen LogP contribution in [0.1, 0.15) is 39.5 Å². The van der Waals surface area contributed by atoms with Crippen molar-refractivity contribution >= 4 is 22.4 Å². The number of hydrogen-bond acceptors (Lipinski definition) is 7. The smallest absolute Gasteiger partial charge is 0.418 e. The van der Waals surface area contributed by atoms with E-state index < -0.39 is 39.6 Å². The highest BCUT2D eigenvalue weighted by Gasteiger charge is 2.57. The van der Waals surface area contributed by atoms with Gasteiger partial charge in [0, 0.05) is 6.54 Å². The third kappa shape index (κ3) is 3.46. The number of urea groups is 1. The molecular weight excluding hydrogens is 354 g/mol. The molecule has 0 radical (unpaired) electrons. The zero-order chi connectivity index (χ0) is 18.5. The average Bonchev–Trinajstić information content (AvgIpc) is 2.76. The Morgan fingerprint density at radius 2 is 1.92 bits per heavy atom. The number of hydroxylamine groups is 2. The number of ether oxygens (including phenoxy) is 1. The SMILES string of the molecule is CC1(OC(=O)[C@]2(C)CC[C@@H]3CN2C(=O)N3OS(=O)(=O)O)CCNCC1. The number of fused-ring (bicyclic) bond motifs is 2. The Morgan fingerprint density at radius 1 is 1.28 bits per heavy atom. The van der Waals surface area contributed by atoms with Crippen molar-refractivity contribution < 1.29 is 31.6 Å². The minimum atomic E-state index is -4.81. The summed E-state index contributed by atoms with van der Waals surface area (Å²) in [6, 6.07) is -1.31. The quantitative estimate of drug-likeness (QED) is 0.521. The van der Waals surface area contributed by atoms with Gasteiger partial charge >= 0.3 is 22.4 Å². The average molecular weight is 377 g/mol. The Bertz CT molecular complexity index is 676. The van der Waals surface area contributed by atoms with Crippen molar-refractivity contribution in [1.82, 2.24) is 15.3 Å². The van der Waals surface area contributed by atoms with Crippen molar-refractivity contribution in [3.05, 3.63) is 0 Å². The van der Waals surface area contributed by atoms with Gasteiger partial charge in [-0.3, -0.25) is 4.55 Å². The summed E-state index contributed by atoms with van der Waals surface area (Å²) in [5, 5.41) is 3.83. The fourth-order valence-corrected chi connectivity index (χ4v) is 4.03. The molecule has 0 unspecified atom stereocenters. The Morgan fingerprint density at radius 3 is 2.52 bits per heavy atom. The van der Waals surface area contributed by atoms with Gasteiger partial charge in [0.15, 0.2) is 0 Å². The number of carbonyl (C=O) groups is 2. The first kappa shape index (κ1) is 18.4. The van der Waals surface area contributed by atoms with Gasteiger partial charge in [-0.15, -0.1) is 4.28 Å². The molecule has 3 aliphatic rings. The maximum absolute atomic E-state index is 12.9. The molecule has 2 bridgehead atoms. The van der Waals surface area contributed by atoms with E-state index in [1.165, 1.54) is 4.90 Å². The minimum Gasteiger partial charge on any atom is -0.458 e. The topological polar surface area (TPSA) is 125 Å². The maximum Gasteiger partial charge on any atom is 0.418 e. The van der Waals surface area contributed by atoms with Crippen LogP contribution in [0.15, 0.2) is 0 Å². The highest BCUT2D eigenvalue weighted by Crippen LogP contribution is 2.39. The number of amides is 2. The van der Waals surface area contributed by atoms with Crippen molar-refractivity contribution in [2.75, 3.05) is 19.6 Å². The van der Waals surface area contributed by atoms with E-state index in [4.69, 9.17) is 9.29 Å². The molecule has 2 amide bonds. The van der Waals surface area contributed by atoms with Crippen LogP contribution in [-0.4, -0.2) is 71.8 Å². The lowest BCUT2D eigenvalue weighted by Gasteiger charge is -2.42. The van der Waals surface area contributed by atoms with E-state index in [0.717, 1.165) is 13.1 Å². The van der Waals surface area contributed by atoms with Crippen LogP contribution in [-0.2, 0) is 24.2 Å². The highest BCUT2D eigenvalue weighted by molar-refractivity contribution is 7.80. The number of nitrogens with one attached hydrogen (secondary N) is 1. The third-order valence-electron chi connectivity index (χ3n) is 5.32. The van der Waals surface area contributed by atoms with E-state index in [-0.39, 0.29) is 6.54 Å². The van der Waals surface area contributed by atoms with Crippen molar-refractivity contribution in [2.45, 2.75) is 56.7 Å². The molecule has 0 spiro atoms. The number of carbonyl (C=O) groups excluding carboxylic acids is 2. The predicted octanol–water partition coefficient (Wildman–Crippen LogP) is 0.0648. The second kappa shape index (κ2) is 6.08. The molecule has 3 rings (SSSR count). The third-order valence-corrected chi connectivity index (χ3v) is 5.67. The van der Waals surface area contributed by atoms with E-state index in [1.54, 1.807) is 6.92 Å². The second-order valence-corrected chi connectivity index (χ2v) is 8.28. The Labute approximate surface area is 146 Å². The summed E-state index contributed by atoms with van der Waals surface area (Å²) in [6.45, 7) is 5.13. The molecule has 25 heavy (non-hydrogen) atoms. The Hall–Kier alpha value is -1.43. The summed E-state index contributed by atoms with van der Waals surface area (Å²) < 4.78 is 40.9. The minimum absolute atomic E-state index is 0.137. The van der Waals surface area contributed by atoms with Crippen LogP contribution < -0.4 is 5.32 Å². The standard InChI is InChI=1S/C14H23N3O7S/c1-13(5-7-15-8-6-13)23-11(18)14(2)4-3-10-9-16(14)12(19)17(10)24-25(20,21)22/h10,15H,3-9H2,1-2H3,(H,20,21,22)/t10-,14+/m1/s1. The Kier molecular flexibility index (Phi) is 4.46. The molecule has 3 fully saturated rings. The summed E-state index contributed by atoms with van der Waals surface area (Å²) in [4.78, 5) is 26.6. The lowest BCUT2D eigenvalue weighted by Crippen LogP contribution is -2.58. The van der Waals surface area contributed by atoms with Crippen LogP contribution in [0.2, 0.25) is 0 Å². The highest BCUT2D eigenvalue weighted by atomic mass is 32.3. The van der Waals surface area contributed by atoms with Gasteiger partial charge in [0.2, 0.25) is 0 Å². The lowest BCUT2D eigenvalue weighted by molar-refractivity contribution is -0.173. The molecule has 3 aliphatic heterocycles. The van der Waals surface area contributed by atoms with E-state index in [2.05, 4.69) is 9.60 Å². The lowest BCUT2D eigenvalue weighted by atomic mass is 9.87. The van der Waals surface area contributed by atoms with Gasteiger partial charge in [-0.05, 0) is 52.6 Å². The molecule has 0 saturated carbocycles. The van der Waals surface area contributed by atoms with Crippen LogP contribution in [0.25, 0.3) is 0 Å². The molecular formula is C14H23N3O7S. The van der Waals surface area contributed by atoms with Crippen molar-refractivity contribution in [1.29, 1.82) is 0 Å². The van der Waals surface area contributed by atoms with Gasteiger partial charge in [0.1, 0.15) is 11.1 Å². The second-order valence-electron chi connectivity index (χ2n) is 7.28. The number of nitrogens with zero attached hydrogens (tertiary/aromatic N) is 2. The molecule has 2 N–H and O–H groups in total. The van der Waals surface area contributed by atoms with Crippen LogP contribution >= 0.6 is 0 Å². The van der Waals surface area contributed by atoms with Crippen LogP contribution in [0.4, 0.5) is 4.79 Å². The van der Waals surface area contributed by atoms with Crippen molar-refractivity contribution in [3.8, 4) is 0 Å². The monoisotopic (exact) mass is 377 g/mol. The van der Waals surface area contributed by atoms with Crippen LogP contribution in [0.5, 0.6) is 0 Å². The van der Waals surface area contributed by atoms with Crippen molar-refractivity contribution in [3.63, 3.8) is 0 Å². The molecule has 0 aliphatic carbocycles. The summed E-state index contributed by atoms with van der Waals surface area (Å²) in [6.07, 6.45) is 2.05. The maximum atomic E-state index is 12.9. The molecule has 0 aromatic carbocycles. The largest absolute Gasteiger partial charge is 0.458 e.